The molecule has 0 aliphatic rings. The van der Waals surface area contributed by atoms with Gasteiger partial charge in [-0.25, -0.2) is 8.78 Å². The number of rotatable bonds is 5. The molecule has 0 radical (unpaired) electrons. The van der Waals surface area contributed by atoms with Gasteiger partial charge in [-0.2, -0.15) is 0 Å². The summed E-state index contributed by atoms with van der Waals surface area (Å²) in [6.07, 6.45) is 0. The van der Waals surface area contributed by atoms with Gasteiger partial charge >= 0.3 is 0 Å². The van der Waals surface area contributed by atoms with Crippen molar-refractivity contribution < 1.29 is 18.3 Å². The minimum Gasteiger partial charge on any atom is -0.497 e. The Hall–Kier alpha value is -2.14. The van der Waals surface area contributed by atoms with Gasteiger partial charge in [0.05, 0.1) is 20.3 Å². The lowest BCUT2D eigenvalue weighted by molar-refractivity contribution is 0.387. The molecule has 1 N–H and O–H groups in total. The van der Waals surface area contributed by atoms with Gasteiger partial charge in [-0.05, 0) is 25.2 Å². The maximum absolute atomic E-state index is 14.0. The van der Waals surface area contributed by atoms with Gasteiger partial charge in [0, 0.05) is 17.2 Å². The lowest BCUT2D eigenvalue weighted by Gasteiger charge is -2.21. The average Bonchev–Trinajstić information content (AvgIpc) is 2.52. The van der Waals surface area contributed by atoms with Crippen molar-refractivity contribution >= 4 is 0 Å². The van der Waals surface area contributed by atoms with E-state index in [0.29, 0.717) is 17.1 Å². The van der Waals surface area contributed by atoms with E-state index in [1.807, 2.05) is 0 Å². The molecule has 0 heterocycles. The fourth-order valence-corrected chi connectivity index (χ4v) is 2.28. The minimum atomic E-state index is -0.875. The Balaban J connectivity index is 2.53. The Morgan fingerprint density at radius 1 is 1.00 bits per heavy atom. The number of nitrogens with one attached hydrogen (secondary N) is 1. The minimum absolute atomic E-state index is 0.223. The molecule has 2 rings (SSSR count). The van der Waals surface area contributed by atoms with Crippen molar-refractivity contribution in [3.63, 3.8) is 0 Å². The molecule has 0 amide bonds. The lowest BCUT2D eigenvalue weighted by atomic mass is 9.97. The maximum Gasteiger partial charge on any atom is 0.163 e. The van der Waals surface area contributed by atoms with E-state index in [4.69, 9.17) is 9.47 Å². The zero-order valence-corrected chi connectivity index (χ0v) is 12.1. The predicted molar refractivity (Wildman–Crippen MR) is 76.8 cm³/mol. The largest absolute Gasteiger partial charge is 0.497 e. The molecule has 0 bridgehead atoms. The molecule has 0 aliphatic carbocycles. The van der Waals surface area contributed by atoms with Crippen LogP contribution in [-0.2, 0) is 0 Å². The topological polar surface area (TPSA) is 30.5 Å². The second kappa shape index (κ2) is 6.54. The summed E-state index contributed by atoms with van der Waals surface area (Å²) in [5, 5.41) is 2.99. The zero-order valence-electron chi connectivity index (χ0n) is 12.1. The Morgan fingerprint density at radius 2 is 1.76 bits per heavy atom. The van der Waals surface area contributed by atoms with Crippen LogP contribution in [0.1, 0.15) is 17.2 Å². The predicted octanol–water partition coefficient (Wildman–Crippen LogP) is 3.29. The molecule has 2 aromatic rings. The summed E-state index contributed by atoms with van der Waals surface area (Å²) in [6, 6.07) is 8.81. The molecule has 21 heavy (non-hydrogen) atoms. The van der Waals surface area contributed by atoms with E-state index >= 15 is 0 Å². The van der Waals surface area contributed by atoms with Crippen molar-refractivity contribution in [3.8, 4) is 11.5 Å². The summed E-state index contributed by atoms with van der Waals surface area (Å²) in [5.74, 6) is -0.572. The molecule has 1 atom stereocenters. The Morgan fingerprint density at radius 3 is 2.38 bits per heavy atom. The zero-order chi connectivity index (χ0) is 15.4. The summed E-state index contributed by atoms with van der Waals surface area (Å²) < 4.78 is 37.9. The Bertz CT molecular complexity index is 632. The van der Waals surface area contributed by atoms with E-state index in [9.17, 15) is 8.78 Å². The molecule has 1 unspecified atom stereocenters. The van der Waals surface area contributed by atoms with Gasteiger partial charge in [-0.3, -0.25) is 0 Å². The van der Waals surface area contributed by atoms with Crippen LogP contribution in [0.3, 0.4) is 0 Å². The number of benzene rings is 2. The van der Waals surface area contributed by atoms with Gasteiger partial charge < -0.3 is 14.8 Å². The highest BCUT2D eigenvalue weighted by atomic mass is 19.2. The molecule has 3 nitrogen and oxygen atoms in total. The van der Waals surface area contributed by atoms with Crippen molar-refractivity contribution in [1.29, 1.82) is 0 Å². The molecule has 0 aliphatic heterocycles. The van der Waals surface area contributed by atoms with Crippen molar-refractivity contribution in [3.05, 3.63) is 59.2 Å². The number of hydrogen-bond donors (Lipinski definition) is 1. The molecule has 0 saturated heterocycles. The van der Waals surface area contributed by atoms with E-state index in [1.54, 1.807) is 38.4 Å². The maximum atomic E-state index is 14.0. The van der Waals surface area contributed by atoms with E-state index in [1.165, 1.54) is 13.2 Å². The lowest BCUT2D eigenvalue weighted by Crippen LogP contribution is -2.20. The Kier molecular flexibility index (Phi) is 4.75. The molecule has 112 valence electrons. The number of methoxy groups -OCH3 is 2. The molecule has 0 aromatic heterocycles. The second-order valence-corrected chi connectivity index (χ2v) is 4.47. The van der Waals surface area contributed by atoms with E-state index in [2.05, 4.69) is 5.32 Å². The monoisotopic (exact) mass is 293 g/mol. The highest BCUT2D eigenvalue weighted by molar-refractivity contribution is 5.46. The van der Waals surface area contributed by atoms with Crippen LogP contribution in [-0.4, -0.2) is 21.3 Å². The van der Waals surface area contributed by atoms with Crippen molar-refractivity contribution in [2.24, 2.45) is 0 Å². The average molecular weight is 293 g/mol. The first kappa shape index (κ1) is 15.3. The van der Waals surface area contributed by atoms with Crippen molar-refractivity contribution in [2.45, 2.75) is 6.04 Å². The van der Waals surface area contributed by atoms with Crippen LogP contribution >= 0.6 is 0 Å². The van der Waals surface area contributed by atoms with Crippen LogP contribution in [0, 0.1) is 11.6 Å². The summed E-state index contributed by atoms with van der Waals surface area (Å²) in [5.41, 5.74) is 0.922. The normalized spacial score (nSPS) is 12.0. The third kappa shape index (κ3) is 2.97. The van der Waals surface area contributed by atoms with Gasteiger partial charge in [0.2, 0.25) is 0 Å². The molecule has 0 fully saturated rings. The first-order chi connectivity index (χ1) is 10.1. The molecular formula is C16H17F2NO2. The highest BCUT2D eigenvalue weighted by Gasteiger charge is 2.22. The molecule has 0 spiro atoms. The van der Waals surface area contributed by atoms with Gasteiger partial charge in [0.1, 0.15) is 11.5 Å². The van der Waals surface area contributed by atoms with Gasteiger partial charge in [-0.1, -0.05) is 12.1 Å². The van der Waals surface area contributed by atoms with E-state index < -0.39 is 17.7 Å². The van der Waals surface area contributed by atoms with Gasteiger partial charge in [-0.15, -0.1) is 0 Å². The molecule has 0 saturated carbocycles. The third-order valence-electron chi connectivity index (χ3n) is 3.33. The standard InChI is InChI=1S/C16H17F2NO2/c1-19-16(12-5-4-6-13(17)15(12)18)11-8-7-10(20-2)9-14(11)21-3/h4-9,16,19H,1-3H3. The van der Waals surface area contributed by atoms with Crippen LogP contribution < -0.4 is 14.8 Å². The highest BCUT2D eigenvalue weighted by Crippen LogP contribution is 2.34. The number of halogens is 2. The SMILES string of the molecule is CNC(c1ccc(OC)cc1OC)c1cccc(F)c1F. The Labute approximate surface area is 122 Å². The number of ether oxygens (including phenoxy) is 2. The first-order valence-electron chi connectivity index (χ1n) is 6.45. The van der Waals surface area contributed by atoms with Crippen molar-refractivity contribution in [2.75, 3.05) is 21.3 Å². The van der Waals surface area contributed by atoms with Crippen molar-refractivity contribution in [1.82, 2.24) is 5.32 Å². The van der Waals surface area contributed by atoms with Crippen LogP contribution in [0.2, 0.25) is 0 Å². The van der Waals surface area contributed by atoms with Crippen LogP contribution in [0.25, 0.3) is 0 Å². The third-order valence-corrected chi connectivity index (χ3v) is 3.33. The summed E-state index contributed by atoms with van der Waals surface area (Å²) in [4.78, 5) is 0. The van der Waals surface area contributed by atoms with E-state index in [-0.39, 0.29) is 5.56 Å². The van der Waals surface area contributed by atoms with Gasteiger partial charge in [0.25, 0.3) is 0 Å². The van der Waals surface area contributed by atoms with Gasteiger partial charge in [0.15, 0.2) is 11.6 Å². The van der Waals surface area contributed by atoms with Crippen LogP contribution in [0.4, 0.5) is 8.78 Å². The molecular weight excluding hydrogens is 276 g/mol. The summed E-state index contributed by atoms with van der Waals surface area (Å²) >= 11 is 0. The fraction of sp³-hybridized carbons (Fsp3) is 0.250. The second-order valence-electron chi connectivity index (χ2n) is 4.47. The first-order valence-corrected chi connectivity index (χ1v) is 6.45. The van der Waals surface area contributed by atoms with Crippen LogP contribution in [0.15, 0.2) is 36.4 Å². The smallest absolute Gasteiger partial charge is 0.163 e. The summed E-state index contributed by atoms with van der Waals surface area (Å²) in [6.45, 7) is 0. The summed E-state index contributed by atoms with van der Waals surface area (Å²) in [7, 11) is 4.75. The van der Waals surface area contributed by atoms with Crippen LogP contribution in [0.5, 0.6) is 11.5 Å². The fourth-order valence-electron chi connectivity index (χ4n) is 2.28. The molecule has 2 aromatic carbocycles. The van der Waals surface area contributed by atoms with E-state index in [0.717, 1.165) is 6.07 Å². The number of hydrogen-bond acceptors (Lipinski definition) is 3. The molecule has 5 heteroatoms. The quantitative estimate of drug-likeness (QED) is 0.917.